The predicted molar refractivity (Wildman–Crippen MR) is 106 cm³/mol. The second kappa shape index (κ2) is 9.05. The Labute approximate surface area is 163 Å². The maximum absolute atomic E-state index is 13.1. The summed E-state index contributed by atoms with van der Waals surface area (Å²) in [6.07, 6.45) is 11.6. The van der Waals surface area contributed by atoms with E-state index < -0.39 is 0 Å². The Hall–Kier alpha value is -0.930. The molecule has 1 aliphatic heterocycles. The van der Waals surface area contributed by atoms with Crippen LogP contribution in [0.3, 0.4) is 0 Å². The monoisotopic (exact) mass is 374 g/mol. The highest BCUT2D eigenvalue weighted by molar-refractivity contribution is 5.21. The van der Waals surface area contributed by atoms with Crippen LogP contribution in [-0.4, -0.2) is 19.5 Å². The van der Waals surface area contributed by atoms with Crippen LogP contribution in [0.4, 0.5) is 4.39 Å². The lowest BCUT2D eigenvalue weighted by Gasteiger charge is -2.41. The number of halogens is 1. The lowest BCUT2D eigenvalue weighted by Crippen LogP contribution is -2.39. The van der Waals surface area contributed by atoms with Gasteiger partial charge in [-0.25, -0.2) is 4.39 Å². The van der Waals surface area contributed by atoms with Gasteiger partial charge in [0.1, 0.15) is 5.82 Å². The van der Waals surface area contributed by atoms with E-state index in [1.54, 1.807) is 12.1 Å². The molecule has 1 saturated heterocycles. The van der Waals surface area contributed by atoms with E-state index in [2.05, 4.69) is 6.92 Å². The molecule has 0 aromatic heterocycles. The molecule has 3 fully saturated rings. The molecule has 0 amide bonds. The third kappa shape index (κ3) is 4.74. The van der Waals surface area contributed by atoms with Gasteiger partial charge in [-0.2, -0.15) is 0 Å². The Kier molecular flexibility index (Phi) is 6.50. The summed E-state index contributed by atoms with van der Waals surface area (Å²) in [5.74, 6) is 3.49. The maximum atomic E-state index is 13.1. The lowest BCUT2D eigenvalue weighted by atomic mass is 9.68. The summed E-state index contributed by atoms with van der Waals surface area (Å²) in [7, 11) is 0. The quantitative estimate of drug-likeness (QED) is 0.615. The Balaban J connectivity index is 1.21. The fraction of sp³-hybridized carbons (Fsp3) is 0.750. The van der Waals surface area contributed by atoms with Crippen LogP contribution in [-0.2, 0) is 9.47 Å². The summed E-state index contributed by atoms with van der Waals surface area (Å²) in [4.78, 5) is 0. The molecule has 2 nitrogen and oxygen atoms in total. The van der Waals surface area contributed by atoms with Crippen LogP contribution in [0.1, 0.15) is 76.2 Å². The van der Waals surface area contributed by atoms with Crippen molar-refractivity contribution in [3.05, 3.63) is 35.6 Å². The van der Waals surface area contributed by atoms with Crippen molar-refractivity contribution < 1.29 is 13.9 Å². The number of rotatable bonds is 4. The molecular formula is C24H35FO2. The van der Waals surface area contributed by atoms with Crippen LogP contribution in [0, 0.1) is 29.5 Å². The van der Waals surface area contributed by atoms with Crippen molar-refractivity contribution in [2.75, 3.05) is 13.2 Å². The Bertz CT molecular complexity index is 563. The van der Waals surface area contributed by atoms with Gasteiger partial charge >= 0.3 is 0 Å². The van der Waals surface area contributed by atoms with E-state index in [0.717, 1.165) is 31.5 Å². The highest BCUT2D eigenvalue weighted by Gasteiger charge is 2.35. The molecule has 0 unspecified atom stereocenters. The summed E-state index contributed by atoms with van der Waals surface area (Å²) < 4.78 is 25.2. The normalized spacial score (nSPS) is 37.9. The van der Waals surface area contributed by atoms with E-state index in [9.17, 15) is 4.39 Å². The van der Waals surface area contributed by atoms with E-state index in [1.807, 2.05) is 12.1 Å². The van der Waals surface area contributed by atoms with Gasteiger partial charge in [-0.05, 0) is 93.2 Å². The van der Waals surface area contributed by atoms with Crippen molar-refractivity contribution >= 4 is 0 Å². The van der Waals surface area contributed by atoms with Crippen LogP contribution in [0.25, 0.3) is 0 Å². The first-order chi connectivity index (χ1) is 13.2. The predicted octanol–water partition coefficient (Wildman–Crippen LogP) is 6.31. The van der Waals surface area contributed by atoms with Crippen LogP contribution in [0.5, 0.6) is 0 Å². The van der Waals surface area contributed by atoms with E-state index in [0.29, 0.717) is 17.8 Å². The second-order valence-electron chi connectivity index (χ2n) is 9.15. The molecule has 4 rings (SSSR count). The highest BCUT2D eigenvalue weighted by atomic mass is 19.1. The molecule has 0 N–H and O–H groups in total. The van der Waals surface area contributed by atoms with Gasteiger partial charge in [-0.3, -0.25) is 0 Å². The minimum absolute atomic E-state index is 0.0583. The number of hydrogen-bond acceptors (Lipinski definition) is 2. The van der Waals surface area contributed by atoms with Gasteiger partial charge in [0.05, 0.1) is 13.2 Å². The summed E-state index contributed by atoms with van der Waals surface area (Å²) in [5.41, 5.74) is 1.33. The van der Waals surface area contributed by atoms with Crippen LogP contribution in [0.15, 0.2) is 24.3 Å². The average molecular weight is 375 g/mol. The van der Waals surface area contributed by atoms with Crippen molar-refractivity contribution in [3.8, 4) is 0 Å². The van der Waals surface area contributed by atoms with Gasteiger partial charge < -0.3 is 9.47 Å². The molecule has 3 aliphatic rings. The molecule has 0 radical (unpaired) electrons. The van der Waals surface area contributed by atoms with Crippen LogP contribution < -0.4 is 0 Å². The zero-order valence-corrected chi connectivity index (χ0v) is 16.7. The molecule has 150 valence electrons. The molecule has 1 aromatic carbocycles. The summed E-state index contributed by atoms with van der Waals surface area (Å²) in [6, 6.07) is 7.19. The topological polar surface area (TPSA) is 18.5 Å². The van der Waals surface area contributed by atoms with Gasteiger partial charge in [-0.1, -0.05) is 19.1 Å². The van der Waals surface area contributed by atoms with Gasteiger partial charge in [-0.15, -0.1) is 0 Å². The Morgan fingerprint density at radius 3 is 1.85 bits per heavy atom. The molecule has 0 spiro atoms. The average Bonchev–Trinajstić information content (AvgIpc) is 2.75. The molecule has 0 bridgehead atoms. The van der Waals surface area contributed by atoms with Crippen molar-refractivity contribution in [2.24, 2.45) is 23.7 Å². The Morgan fingerprint density at radius 2 is 1.30 bits per heavy atom. The van der Waals surface area contributed by atoms with E-state index in [4.69, 9.17) is 9.47 Å². The second-order valence-corrected chi connectivity index (χ2v) is 9.15. The molecular weight excluding hydrogens is 339 g/mol. The minimum atomic E-state index is -0.125. The summed E-state index contributed by atoms with van der Waals surface area (Å²) in [5, 5.41) is 0. The van der Waals surface area contributed by atoms with Crippen LogP contribution in [0.2, 0.25) is 0 Å². The van der Waals surface area contributed by atoms with Gasteiger partial charge in [0.15, 0.2) is 6.29 Å². The first kappa shape index (κ1) is 19.4. The summed E-state index contributed by atoms with van der Waals surface area (Å²) in [6.45, 7) is 3.98. The van der Waals surface area contributed by atoms with Gasteiger partial charge in [0.25, 0.3) is 0 Å². The molecule has 2 aliphatic carbocycles. The molecule has 1 heterocycles. The van der Waals surface area contributed by atoms with Gasteiger partial charge in [0, 0.05) is 11.8 Å². The lowest BCUT2D eigenvalue weighted by molar-refractivity contribution is -0.230. The molecule has 3 heteroatoms. The number of ether oxygens (including phenoxy) is 2. The minimum Gasteiger partial charge on any atom is -0.352 e. The molecule has 1 aromatic rings. The highest BCUT2D eigenvalue weighted by Crippen LogP contribution is 2.44. The SMILES string of the molecule is CCC1COC(C2CCC(C3CCC(c4ccc(F)cc4)CC3)CC2)OC1. The van der Waals surface area contributed by atoms with Gasteiger partial charge in [0.2, 0.25) is 0 Å². The van der Waals surface area contributed by atoms with Crippen molar-refractivity contribution in [3.63, 3.8) is 0 Å². The van der Waals surface area contributed by atoms with Crippen molar-refractivity contribution in [1.29, 1.82) is 0 Å². The van der Waals surface area contributed by atoms with Crippen molar-refractivity contribution in [1.82, 2.24) is 0 Å². The third-order valence-corrected chi connectivity index (χ3v) is 7.55. The Morgan fingerprint density at radius 1 is 0.778 bits per heavy atom. The van der Waals surface area contributed by atoms with E-state index in [1.165, 1.54) is 56.9 Å². The molecule has 2 saturated carbocycles. The van der Waals surface area contributed by atoms with E-state index >= 15 is 0 Å². The zero-order chi connectivity index (χ0) is 18.6. The van der Waals surface area contributed by atoms with Crippen LogP contribution >= 0.6 is 0 Å². The maximum Gasteiger partial charge on any atom is 0.160 e. The summed E-state index contributed by atoms with van der Waals surface area (Å²) >= 11 is 0. The standard InChI is InChI=1S/C24H35FO2/c1-2-17-15-26-24(27-16-17)22-9-7-20(8-10-22)18-3-5-19(6-4-18)21-11-13-23(25)14-12-21/h11-14,17-20,22,24H,2-10,15-16H2,1H3. The van der Waals surface area contributed by atoms with Crippen molar-refractivity contribution in [2.45, 2.75) is 76.9 Å². The van der Waals surface area contributed by atoms with E-state index in [-0.39, 0.29) is 12.1 Å². The fourth-order valence-corrected chi connectivity index (χ4v) is 5.61. The first-order valence-electron chi connectivity index (χ1n) is 11.2. The smallest absolute Gasteiger partial charge is 0.160 e. The molecule has 0 atom stereocenters. The first-order valence-corrected chi connectivity index (χ1v) is 11.2. The number of benzene rings is 1. The fourth-order valence-electron chi connectivity index (χ4n) is 5.61. The zero-order valence-electron chi connectivity index (χ0n) is 16.7. The number of hydrogen-bond donors (Lipinski definition) is 0. The third-order valence-electron chi connectivity index (χ3n) is 7.55. The largest absolute Gasteiger partial charge is 0.352 e. The molecule has 27 heavy (non-hydrogen) atoms.